The third-order valence-electron chi connectivity index (χ3n) is 4.27. The van der Waals surface area contributed by atoms with Gasteiger partial charge < -0.3 is 5.32 Å². The fraction of sp³-hybridized carbons (Fsp3) is 0.846. The van der Waals surface area contributed by atoms with Gasteiger partial charge in [0.1, 0.15) is 5.41 Å². The predicted octanol–water partition coefficient (Wildman–Crippen LogP) is 1.15. The third kappa shape index (κ3) is 2.92. The zero-order valence-corrected chi connectivity index (χ0v) is 12.1. The molecule has 2 fully saturated rings. The number of amides is 1. The molecule has 1 heterocycles. The summed E-state index contributed by atoms with van der Waals surface area (Å²) in [5, 5.41) is 12.2. The molecule has 106 valence electrons. The van der Waals surface area contributed by atoms with Crippen LogP contribution in [0.1, 0.15) is 45.4 Å². The van der Waals surface area contributed by atoms with E-state index in [2.05, 4.69) is 11.4 Å². The molecule has 1 amide bonds. The quantitative estimate of drug-likeness (QED) is 0.824. The van der Waals surface area contributed by atoms with Gasteiger partial charge in [-0.05, 0) is 26.2 Å². The van der Waals surface area contributed by atoms with Gasteiger partial charge in [-0.1, -0.05) is 19.3 Å². The van der Waals surface area contributed by atoms with E-state index in [0.717, 1.165) is 19.3 Å². The Morgan fingerprint density at radius 2 is 1.84 bits per heavy atom. The van der Waals surface area contributed by atoms with Crippen LogP contribution in [0.5, 0.6) is 0 Å². The number of rotatable bonds is 2. The molecule has 1 saturated carbocycles. The summed E-state index contributed by atoms with van der Waals surface area (Å²) < 4.78 is 23.1. The van der Waals surface area contributed by atoms with Crippen LogP contribution in [0.4, 0.5) is 0 Å². The van der Waals surface area contributed by atoms with Crippen LogP contribution in [0, 0.1) is 16.7 Å². The summed E-state index contributed by atoms with van der Waals surface area (Å²) in [5.41, 5.74) is -1.66. The molecule has 0 radical (unpaired) electrons. The van der Waals surface area contributed by atoms with E-state index in [1.807, 2.05) is 0 Å². The fourth-order valence-corrected chi connectivity index (χ4v) is 5.14. The topological polar surface area (TPSA) is 87.0 Å². The Morgan fingerprint density at radius 3 is 2.32 bits per heavy atom. The molecule has 0 bridgehead atoms. The summed E-state index contributed by atoms with van der Waals surface area (Å²) in [6.45, 7) is 1.75. The van der Waals surface area contributed by atoms with E-state index >= 15 is 0 Å². The lowest BCUT2D eigenvalue weighted by molar-refractivity contribution is -0.131. The molecule has 2 aliphatic rings. The van der Waals surface area contributed by atoms with Crippen molar-refractivity contribution in [1.82, 2.24) is 5.32 Å². The smallest absolute Gasteiger partial charge is 0.240 e. The van der Waals surface area contributed by atoms with Gasteiger partial charge in [0, 0.05) is 0 Å². The molecule has 1 unspecified atom stereocenters. The van der Waals surface area contributed by atoms with E-state index in [-0.39, 0.29) is 17.4 Å². The van der Waals surface area contributed by atoms with Crippen LogP contribution in [0.3, 0.4) is 0 Å². The Bertz CT molecular complexity index is 514. The van der Waals surface area contributed by atoms with Crippen LogP contribution in [-0.2, 0) is 14.6 Å². The van der Waals surface area contributed by atoms with Gasteiger partial charge in [-0.25, -0.2) is 8.42 Å². The molecule has 19 heavy (non-hydrogen) atoms. The van der Waals surface area contributed by atoms with Gasteiger partial charge in [-0.15, -0.1) is 0 Å². The number of nitrogens with one attached hydrogen (secondary N) is 1. The fourth-order valence-electron chi connectivity index (χ4n) is 3.05. The highest BCUT2D eigenvalue weighted by molar-refractivity contribution is 7.91. The van der Waals surface area contributed by atoms with Crippen molar-refractivity contribution in [3.05, 3.63) is 0 Å². The minimum Gasteiger partial charge on any atom is -0.349 e. The average Bonchev–Trinajstić information content (AvgIpc) is 2.64. The molecule has 1 aliphatic heterocycles. The van der Waals surface area contributed by atoms with E-state index in [1.54, 1.807) is 6.92 Å². The zero-order valence-electron chi connectivity index (χ0n) is 11.2. The van der Waals surface area contributed by atoms with Crippen LogP contribution >= 0.6 is 0 Å². The molecule has 2 rings (SSSR count). The molecular formula is C13H20N2O3S. The summed E-state index contributed by atoms with van der Waals surface area (Å²) in [7, 11) is -3.05. The first kappa shape index (κ1) is 14.3. The highest BCUT2D eigenvalue weighted by Crippen LogP contribution is 2.37. The minimum absolute atomic E-state index is 0.0206. The molecule has 6 heteroatoms. The molecule has 5 nitrogen and oxygen atoms in total. The van der Waals surface area contributed by atoms with Crippen molar-refractivity contribution < 1.29 is 13.2 Å². The number of carbonyl (C=O) groups is 1. The van der Waals surface area contributed by atoms with Crippen molar-refractivity contribution in [2.75, 3.05) is 11.5 Å². The molecule has 0 aromatic carbocycles. The van der Waals surface area contributed by atoms with E-state index in [1.165, 1.54) is 0 Å². The van der Waals surface area contributed by atoms with Gasteiger partial charge >= 0.3 is 0 Å². The van der Waals surface area contributed by atoms with Crippen molar-refractivity contribution in [3.63, 3.8) is 0 Å². The van der Waals surface area contributed by atoms with E-state index < -0.39 is 20.8 Å². The molecule has 0 spiro atoms. The van der Waals surface area contributed by atoms with E-state index in [4.69, 9.17) is 0 Å². The van der Waals surface area contributed by atoms with Crippen molar-refractivity contribution in [1.29, 1.82) is 5.26 Å². The van der Waals surface area contributed by atoms with E-state index in [0.29, 0.717) is 19.3 Å². The highest BCUT2D eigenvalue weighted by atomic mass is 32.2. The summed E-state index contributed by atoms with van der Waals surface area (Å²) in [5.74, 6) is -0.189. The van der Waals surface area contributed by atoms with Gasteiger partial charge in [-0.3, -0.25) is 4.79 Å². The highest BCUT2D eigenvalue weighted by Gasteiger charge is 2.45. The summed E-state index contributed by atoms with van der Waals surface area (Å²) >= 11 is 0. The van der Waals surface area contributed by atoms with Crippen LogP contribution < -0.4 is 5.32 Å². The summed E-state index contributed by atoms with van der Waals surface area (Å²) in [4.78, 5) is 12.4. The van der Waals surface area contributed by atoms with E-state index in [9.17, 15) is 18.5 Å². The van der Waals surface area contributed by atoms with Crippen LogP contribution in [0.25, 0.3) is 0 Å². The predicted molar refractivity (Wildman–Crippen MR) is 70.9 cm³/mol. The summed E-state index contributed by atoms with van der Waals surface area (Å²) in [6, 6.07) is 2.17. The molecule has 1 atom stereocenters. The monoisotopic (exact) mass is 284 g/mol. The lowest BCUT2D eigenvalue weighted by Crippen LogP contribution is -2.53. The van der Waals surface area contributed by atoms with Crippen molar-refractivity contribution in [2.45, 2.75) is 51.0 Å². The Morgan fingerprint density at radius 1 is 1.21 bits per heavy atom. The van der Waals surface area contributed by atoms with Gasteiger partial charge in [0.15, 0.2) is 9.84 Å². The molecule has 0 aromatic heterocycles. The lowest BCUT2D eigenvalue weighted by Gasteiger charge is -2.33. The number of sulfone groups is 1. The Balaban J connectivity index is 2.11. The molecule has 1 N–H and O–H groups in total. The second-order valence-electron chi connectivity index (χ2n) is 6.11. The second-order valence-corrected chi connectivity index (χ2v) is 8.30. The Hall–Kier alpha value is -1.09. The first-order valence-corrected chi connectivity index (χ1v) is 8.57. The van der Waals surface area contributed by atoms with Crippen LogP contribution in [-0.4, -0.2) is 31.4 Å². The first-order chi connectivity index (χ1) is 8.81. The number of nitrogens with zero attached hydrogens (tertiary/aromatic N) is 1. The van der Waals surface area contributed by atoms with Gasteiger partial charge in [0.2, 0.25) is 5.91 Å². The van der Waals surface area contributed by atoms with Crippen molar-refractivity contribution >= 4 is 15.7 Å². The molecule has 1 aliphatic carbocycles. The molecular weight excluding hydrogens is 264 g/mol. The number of carbonyl (C=O) groups excluding carboxylic acids is 1. The van der Waals surface area contributed by atoms with Crippen molar-refractivity contribution in [3.8, 4) is 6.07 Å². The van der Waals surface area contributed by atoms with Gasteiger partial charge in [0.25, 0.3) is 0 Å². The SMILES string of the molecule is CC1(NC(=O)C2(C#N)CCCCC2)CCS(=O)(=O)C1. The second kappa shape index (κ2) is 4.78. The first-order valence-electron chi connectivity index (χ1n) is 6.75. The maximum atomic E-state index is 12.4. The molecule has 1 saturated heterocycles. The maximum absolute atomic E-state index is 12.4. The lowest BCUT2D eigenvalue weighted by atomic mass is 9.74. The largest absolute Gasteiger partial charge is 0.349 e. The van der Waals surface area contributed by atoms with Crippen LogP contribution in [0.2, 0.25) is 0 Å². The number of hydrogen-bond acceptors (Lipinski definition) is 4. The third-order valence-corrected chi connectivity index (χ3v) is 6.18. The van der Waals surface area contributed by atoms with Gasteiger partial charge in [-0.2, -0.15) is 5.26 Å². The van der Waals surface area contributed by atoms with Crippen molar-refractivity contribution in [2.24, 2.45) is 5.41 Å². The number of hydrogen-bond donors (Lipinski definition) is 1. The summed E-state index contributed by atoms with van der Waals surface area (Å²) in [6.07, 6.45) is 4.42. The van der Waals surface area contributed by atoms with Gasteiger partial charge in [0.05, 0.1) is 23.1 Å². The van der Waals surface area contributed by atoms with Crippen LogP contribution in [0.15, 0.2) is 0 Å². The Labute approximate surface area is 114 Å². The zero-order chi connectivity index (χ0) is 14.1. The molecule has 0 aromatic rings. The number of nitriles is 1. The minimum atomic E-state index is -3.05. The maximum Gasteiger partial charge on any atom is 0.240 e. The Kier molecular flexibility index (Phi) is 3.61. The standard InChI is InChI=1S/C13H20N2O3S/c1-12(7-8-19(17,18)10-12)15-11(16)13(9-14)5-3-2-4-6-13/h2-8,10H2,1H3,(H,15,16). The normalized spacial score (nSPS) is 32.4. The average molecular weight is 284 g/mol.